The van der Waals surface area contributed by atoms with Crippen molar-refractivity contribution in [3.63, 3.8) is 0 Å². The lowest BCUT2D eigenvalue weighted by Crippen LogP contribution is -2.16. The lowest BCUT2D eigenvalue weighted by Gasteiger charge is -2.01. The number of rotatable bonds is 4. The minimum absolute atomic E-state index is 0.0862. The zero-order chi connectivity index (χ0) is 13.8. The van der Waals surface area contributed by atoms with Crippen molar-refractivity contribution in [1.82, 2.24) is 20.2 Å². The molecule has 0 bridgehead atoms. The molecule has 2 aromatic heterocycles. The van der Waals surface area contributed by atoms with E-state index in [0.29, 0.717) is 11.0 Å². The van der Waals surface area contributed by atoms with E-state index in [1.54, 1.807) is 0 Å². The summed E-state index contributed by atoms with van der Waals surface area (Å²) in [6, 6.07) is 0. The van der Waals surface area contributed by atoms with Gasteiger partial charge in [0.05, 0.1) is 0 Å². The number of nitrogen functional groups attached to an aromatic ring is 1. The lowest BCUT2D eigenvalue weighted by atomic mass is 10.1. The second-order valence-corrected chi connectivity index (χ2v) is 5.41. The third-order valence-electron chi connectivity index (χ3n) is 2.21. The van der Waals surface area contributed by atoms with Gasteiger partial charge in [0.2, 0.25) is 5.13 Å². The lowest BCUT2D eigenvalue weighted by molar-refractivity contribution is 0.102. The van der Waals surface area contributed by atoms with Gasteiger partial charge < -0.3 is 5.73 Å². The van der Waals surface area contributed by atoms with Crippen molar-refractivity contribution < 1.29 is 4.79 Å². The fourth-order valence-electron chi connectivity index (χ4n) is 1.42. The summed E-state index contributed by atoms with van der Waals surface area (Å²) >= 11 is 1.35. The van der Waals surface area contributed by atoms with Crippen LogP contribution in [0, 0.1) is 5.92 Å². The Balaban J connectivity index is 2.07. The first kappa shape index (κ1) is 13.3. The number of aromatic nitrogens is 4. The molecule has 7 nitrogen and oxygen atoms in total. The number of nitrogens with one attached hydrogen (secondary N) is 1. The third-order valence-corrected chi connectivity index (χ3v) is 3.07. The van der Waals surface area contributed by atoms with Gasteiger partial charge in [-0.25, -0.2) is 9.97 Å². The number of nitrogens with zero attached hydrogens (tertiary/aromatic N) is 4. The zero-order valence-corrected chi connectivity index (χ0v) is 11.4. The quantitative estimate of drug-likeness (QED) is 0.874. The van der Waals surface area contributed by atoms with Crippen molar-refractivity contribution >= 4 is 28.2 Å². The second-order valence-electron chi connectivity index (χ2n) is 4.34. The molecule has 2 aromatic rings. The van der Waals surface area contributed by atoms with Gasteiger partial charge in [0.25, 0.3) is 5.91 Å². The minimum atomic E-state index is -0.433. The summed E-state index contributed by atoms with van der Waals surface area (Å²) in [5.74, 6) is 0.150. The largest absolute Gasteiger partial charge is 0.382 e. The number of nitrogens with two attached hydrogens (primary N) is 1. The van der Waals surface area contributed by atoms with E-state index in [1.807, 2.05) is 0 Å². The maximum Gasteiger partial charge on any atom is 0.279 e. The van der Waals surface area contributed by atoms with Crippen LogP contribution in [0.3, 0.4) is 0 Å². The Bertz CT molecular complexity index is 582. The van der Waals surface area contributed by atoms with Crippen LogP contribution in [0.2, 0.25) is 0 Å². The summed E-state index contributed by atoms with van der Waals surface area (Å²) in [6.45, 7) is 4.19. The van der Waals surface area contributed by atoms with Crippen molar-refractivity contribution in [3.05, 3.63) is 23.1 Å². The van der Waals surface area contributed by atoms with Crippen molar-refractivity contribution in [1.29, 1.82) is 0 Å². The SMILES string of the molecule is CC(C)Cc1nnc(NC(=O)c2nccnc2N)s1. The molecule has 0 aliphatic carbocycles. The maximum atomic E-state index is 11.9. The molecule has 19 heavy (non-hydrogen) atoms. The third kappa shape index (κ3) is 3.44. The molecule has 0 fully saturated rings. The van der Waals surface area contributed by atoms with Gasteiger partial charge in [-0.05, 0) is 5.92 Å². The summed E-state index contributed by atoms with van der Waals surface area (Å²) in [6.07, 6.45) is 3.67. The zero-order valence-electron chi connectivity index (χ0n) is 10.6. The molecule has 0 aromatic carbocycles. The molecule has 2 heterocycles. The molecule has 1 amide bonds. The van der Waals surface area contributed by atoms with Crippen molar-refractivity contribution in [2.24, 2.45) is 5.92 Å². The van der Waals surface area contributed by atoms with Crippen LogP contribution in [0.25, 0.3) is 0 Å². The molecular weight excluding hydrogens is 264 g/mol. The molecule has 2 rings (SSSR count). The Hall–Kier alpha value is -2.09. The summed E-state index contributed by atoms with van der Waals surface area (Å²) in [7, 11) is 0. The standard InChI is InChI=1S/C11H14N6OS/c1-6(2)5-7-16-17-11(19-7)15-10(18)8-9(12)14-4-3-13-8/h3-4,6H,5H2,1-2H3,(H2,12,14)(H,15,17,18). The number of carbonyl (C=O) groups is 1. The van der Waals surface area contributed by atoms with Gasteiger partial charge in [-0.3, -0.25) is 10.1 Å². The molecule has 0 saturated carbocycles. The number of hydrogen-bond acceptors (Lipinski definition) is 7. The number of anilines is 2. The van der Waals surface area contributed by atoms with Gasteiger partial charge in [0.1, 0.15) is 5.01 Å². The number of amides is 1. The molecule has 0 radical (unpaired) electrons. The van der Waals surface area contributed by atoms with E-state index in [2.05, 4.69) is 39.3 Å². The van der Waals surface area contributed by atoms with E-state index in [9.17, 15) is 4.79 Å². The van der Waals surface area contributed by atoms with Gasteiger partial charge in [-0.15, -0.1) is 10.2 Å². The molecule has 3 N–H and O–H groups in total. The highest BCUT2D eigenvalue weighted by atomic mass is 32.1. The van der Waals surface area contributed by atoms with E-state index in [0.717, 1.165) is 11.4 Å². The second kappa shape index (κ2) is 5.70. The van der Waals surface area contributed by atoms with Gasteiger partial charge in [-0.1, -0.05) is 25.2 Å². The molecule has 0 atom stereocenters. The Kier molecular flexibility index (Phi) is 4.00. The van der Waals surface area contributed by atoms with E-state index < -0.39 is 5.91 Å². The van der Waals surface area contributed by atoms with Crippen LogP contribution in [0.1, 0.15) is 29.3 Å². The van der Waals surface area contributed by atoms with Gasteiger partial charge >= 0.3 is 0 Å². The van der Waals surface area contributed by atoms with E-state index in [1.165, 1.54) is 23.7 Å². The van der Waals surface area contributed by atoms with Gasteiger partial charge in [0, 0.05) is 18.8 Å². The van der Waals surface area contributed by atoms with E-state index in [4.69, 9.17) is 5.73 Å². The van der Waals surface area contributed by atoms with Gasteiger partial charge in [0.15, 0.2) is 11.5 Å². The Morgan fingerprint density at radius 1 is 1.37 bits per heavy atom. The monoisotopic (exact) mass is 278 g/mol. The first-order valence-corrected chi connectivity index (χ1v) is 6.58. The highest BCUT2D eigenvalue weighted by molar-refractivity contribution is 7.15. The van der Waals surface area contributed by atoms with Crippen molar-refractivity contribution in [3.8, 4) is 0 Å². The summed E-state index contributed by atoms with van der Waals surface area (Å²) in [5, 5.41) is 11.9. The molecule has 8 heteroatoms. The fraction of sp³-hybridized carbons (Fsp3) is 0.364. The molecule has 0 unspecified atom stereocenters. The molecule has 0 aliphatic rings. The van der Waals surface area contributed by atoms with Crippen LogP contribution in [-0.4, -0.2) is 26.1 Å². The normalized spacial score (nSPS) is 10.7. The Morgan fingerprint density at radius 3 is 2.79 bits per heavy atom. The Morgan fingerprint density at radius 2 is 2.11 bits per heavy atom. The van der Waals surface area contributed by atoms with Crippen molar-refractivity contribution in [2.75, 3.05) is 11.1 Å². The van der Waals surface area contributed by atoms with Crippen LogP contribution in [0.5, 0.6) is 0 Å². The number of carbonyl (C=O) groups excluding carboxylic acids is 1. The summed E-state index contributed by atoms with van der Waals surface area (Å²) in [4.78, 5) is 19.6. The summed E-state index contributed by atoms with van der Waals surface area (Å²) < 4.78 is 0. The first-order chi connectivity index (χ1) is 9.06. The first-order valence-electron chi connectivity index (χ1n) is 5.76. The topological polar surface area (TPSA) is 107 Å². The molecular formula is C11H14N6OS. The van der Waals surface area contributed by atoms with Crippen LogP contribution in [0.4, 0.5) is 10.9 Å². The maximum absolute atomic E-state index is 11.9. The molecule has 0 spiro atoms. The van der Waals surface area contributed by atoms with E-state index >= 15 is 0 Å². The van der Waals surface area contributed by atoms with Gasteiger partial charge in [-0.2, -0.15) is 0 Å². The highest BCUT2D eigenvalue weighted by Crippen LogP contribution is 2.19. The average Bonchev–Trinajstić information content (AvgIpc) is 2.76. The van der Waals surface area contributed by atoms with E-state index in [-0.39, 0.29) is 11.5 Å². The van der Waals surface area contributed by atoms with Crippen LogP contribution >= 0.6 is 11.3 Å². The fourth-order valence-corrected chi connectivity index (χ4v) is 2.36. The van der Waals surface area contributed by atoms with Crippen LogP contribution in [0.15, 0.2) is 12.4 Å². The summed E-state index contributed by atoms with van der Waals surface area (Å²) in [5.41, 5.74) is 5.67. The molecule has 0 saturated heterocycles. The number of hydrogen-bond donors (Lipinski definition) is 2. The van der Waals surface area contributed by atoms with Crippen LogP contribution < -0.4 is 11.1 Å². The molecule has 100 valence electrons. The average molecular weight is 278 g/mol. The smallest absolute Gasteiger partial charge is 0.279 e. The van der Waals surface area contributed by atoms with Crippen LogP contribution in [-0.2, 0) is 6.42 Å². The Labute approximate surface area is 114 Å². The predicted octanol–water partition coefficient (Wildman–Crippen LogP) is 1.36. The molecule has 0 aliphatic heterocycles. The minimum Gasteiger partial charge on any atom is -0.382 e. The van der Waals surface area contributed by atoms with Crippen molar-refractivity contribution in [2.45, 2.75) is 20.3 Å². The highest BCUT2D eigenvalue weighted by Gasteiger charge is 2.14. The predicted molar refractivity (Wildman–Crippen MR) is 72.8 cm³/mol.